The summed E-state index contributed by atoms with van der Waals surface area (Å²) in [7, 11) is 3.99. The lowest BCUT2D eigenvalue weighted by Crippen LogP contribution is -2.47. The first-order valence-electron chi connectivity index (χ1n) is 7.10. The van der Waals surface area contributed by atoms with Crippen LogP contribution >= 0.6 is 0 Å². The number of carbonyl (C=O) groups excluding carboxylic acids is 1. The van der Waals surface area contributed by atoms with Crippen molar-refractivity contribution < 1.29 is 4.79 Å². The Balaban J connectivity index is 2.25. The van der Waals surface area contributed by atoms with E-state index in [1.807, 2.05) is 43.3 Å². The number of hydrogen-bond donors (Lipinski definition) is 0. The van der Waals surface area contributed by atoms with Gasteiger partial charge >= 0.3 is 0 Å². The molecule has 1 aromatic carbocycles. The Labute approximate surface area is 116 Å². The molecule has 3 nitrogen and oxygen atoms in total. The molecule has 1 aliphatic rings. The largest absolute Gasteiger partial charge is 0.378 e. The highest BCUT2D eigenvalue weighted by Gasteiger charge is 2.29. The Kier molecular flexibility index (Phi) is 4.13. The number of piperidine rings is 1. The summed E-state index contributed by atoms with van der Waals surface area (Å²) in [6.07, 6.45) is 3.46. The van der Waals surface area contributed by atoms with Crippen molar-refractivity contribution in [2.75, 3.05) is 19.0 Å². The van der Waals surface area contributed by atoms with Crippen LogP contribution in [-0.2, 0) is 0 Å². The third-order valence-corrected chi connectivity index (χ3v) is 4.04. The van der Waals surface area contributed by atoms with Crippen LogP contribution in [0.2, 0.25) is 0 Å². The minimum atomic E-state index is 0.170. The molecule has 1 aromatic rings. The van der Waals surface area contributed by atoms with Crippen LogP contribution in [0, 0.1) is 0 Å². The van der Waals surface area contributed by atoms with E-state index in [-0.39, 0.29) is 5.91 Å². The lowest BCUT2D eigenvalue weighted by Gasteiger charge is -2.39. The topological polar surface area (TPSA) is 23.6 Å². The predicted molar refractivity (Wildman–Crippen MR) is 79.7 cm³/mol. The Morgan fingerprint density at radius 2 is 1.84 bits per heavy atom. The molecule has 0 N–H and O–H groups in total. The molecule has 1 saturated heterocycles. The third-order valence-electron chi connectivity index (χ3n) is 4.04. The fourth-order valence-electron chi connectivity index (χ4n) is 2.89. The SMILES string of the molecule is CC1CCCC(C)N1C(=O)c1cccc(N(C)C)c1. The molecule has 0 spiro atoms. The second-order valence-corrected chi connectivity index (χ2v) is 5.79. The Morgan fingerprint density at radius 1 is 1.21 bits per heavy atom. The Bertz CT molecular complexity index is 446. The van der Waals surface area contributed by atoms with Crippen molar-refractivity contribution in [1.29, 1.82) is 0 Å². The highest BCUT2D eigenvalue weighted by atomic mass is 16.2. The minimum absolute atomic E-state index is 0.170. The summed E-state index contributed by atoms with van der Waals surface area (Å²) in [5.41, 5.74) is 1.87. The maximum atomic E-state index is 12.7. The summed E-state index contributed by atoms with van der Waals surface area (Å²) in [6, 6.07) is 8.58. The fourth-order valence-corrected chi connectivity index (χ4v) is 2.89. The number of amides is 1. The molecular weight excluding hydrogens is 236 g/mol. The maximum absolute atomic E-state index is 12.7. The number of anilines is 1. The quantitative estimate of drug-likeness (QED) is 0.815. The van der Waals surface area contributed by atoms with Gasteiger partial charge in [0.1, 0.15) is 0 Å². The van der Waals surface area contributed by atoms with Crippen LogP contribution in [0.1, 0.15) is 43.5 Å². The number of carbonyl (C=O) groups is 1. The van der Waals surface area contributed by atoms with Crippen LogP contribution in [0.25, 0.3) is 0 Å². The summed E-state index contributed by atoms with van der Waals surface area (Å²) in [5.74, 6) is 0.170. The summed E-state index contributed by atoms with van der Waals surface area (Å²) in [6.45, 7) is 4.31. The zero-order valence-electron chi connectivity index (χ0n) is 12.4. The summed E-state index contributed by atoms with van der Waals surface area (Å²) < 4.78 is 0. The van der Waals surface area contributed by atoms with Gasteiger partial charge in [-0.15, -0.1) is 0 Å². The molecule has 0 saturated carbocycles. The lowest BCUT2D eigenvalue weighted by molar-refractivity contribution is 0.0511. The predicted octanol–water partition coefficient (Wildman–Crippen LogP) is 3.16. The van der Waals surface area contributed by atoms with Gasteiger partial charge in [0.15, 0.2) is 0 Å². The van der Waals surface area contributed by atoms with E-state index in [0.717, 1.165) is 24.1 Å². The normalized spacial score (nSPS) is 23.3. The molecule has 2 rings (SSSR count). The molecule has 0 aliphatic carbocycles. The van der Waals surface area contributed by atoms with Crippen molar-refractivity contribution in [2.24, 2.45) is 0 Å². The standard InChI is InChI=1S/C16H24N2O/c1-12-7-5-8-13(2)18(12)16(19)14-9-6-10-15(11-14)17(3)4/h6,9-13H,5,7-8H2,1-4H3. The number of benzene rings is 1. The van der Waals surface area contributed by atoms with Gasteiger partial charge in [-0.25, -0.2) is 0 Å². The first-order valence-corrected chi connectivity index (χ1v) is 7.10. The zero-order valence-corrected chi connectivity index (χ0v) is 12.4. The van der Waals surface area contributed by atoms with Crippen molar-refractivity contribution in [3.63, 3.8) is 0 Å². The van der Waals surface area contributed by atoms with Crippen molar-refractivity contribution in [3.8, 4) is 0 Å². The van der Waals surface area contributed by atoms with Crippen LogP contribution in [0.5, 0.6) is 0 Å². The van der Waals surface area contributed by atoms with E-state index in [0.29, 0.717) is 12.1 Å². The van der Waals surface area contributed by atoms with Gasteiger partial charge in [-0.05, 0) is 51.3 Å². The van der Waals surface area contributed by atoms with Gasteiger partial charge in [0, 0.05) is 37.4 Å². The molecule has 0 radical (unpaired) electrons. The average molecular weight is 260 g/mol. The van der Waals surface area contributed by atoms with Crippen LogP contribution in [0.3, 0.4) is 0 Å². The summed E-state index contributed by atoms with van der Waals surface area (Å²) in [4.78, 5) is 16.8. The molecule has 19 heavy (non-hydrogen) atoms. The van der Waals surface area contributed by atoms with Crippen LogP contribution in [0.15, 0.2) is 24.3 Å². The maximum Gasteiger partial charge on any atom is 0.254 e. The summed E-state index contributed by atoms with van der Waals surface area (Å²) >= 11 is 0. The van der Waals surface area contributed by atoms with E-state index in [1.165, 1.54) is 6.42 Å². The first kappa shape index (κ1) is 13.9. The van der Waals surface area contributed by atoms with Crippen molar-refractivity contribution in [2.45, 2.75) is 45.2 Å². The second kappa shape index (κ2) is 5.64. The van der Waals surface area contributed by atoms with Crippen molar-refractivity contribution in [1.82, 2.24) is 4.90 Å². The van der Waals surface area contributed by atoms with Gasteiger partial charge in [0.25, 0.3) is 5.91 Å². The van der Waals surface area contributed by atoms with E-state index in [9.17, 15) is 4.79 Å². The number of likely N-dealkylation sites (tertiary alicyclic amines) is 1. The van der Waals surface area contributed by atoms with Crippen molar-refractivity contribution in [3.05, 3.63) is 29.8 Å². The molecule has 1 amide bonds. The van der Waals surface area contributed by atoms with E-state index >= 15 is 0 Å². The third kappa shape index (κ3) is 2.91. The van der Waals surface area contributed by atoms with Gasteiger partial charge < -0.3 is 9.80 Å². The van der Waals surface area contributed by atoms with Crippen LogP contribution < -0.4 is 4.90 Å². The lowest BCUT2D eigenvalue weighted by atomic mass is 9.96. The van der Waals surface area contributed by atoms with Crippen LogP contribution in [-0.4, -0.2) is 37.0 Å². The zero-order chi connectivity index (χ0) is 14.0. The second-order valence-electron chi connectivity index (χ2n) is 5.79. The molecule has 1 heterocycles. The van der Waals surface area contributed by atoms with E-state index in [2.05, 4.69) is 18.7 Å². The highest BCUT2D eigenvalue weighted by molar-refractivity contribution is 5.95. The molecule has 1 fully saturated rings. The van der Waals surface area contributed by atoms with Gasteiger partial charge in [-0.2, -0.15) is 0 Å². The molecule has 0 bridgehead atoms. The van der Waals surface area contributed by atoms with Crippen molar-refractivity contribution >= 4 is 11.6 Å². The Hall–Kier alpha value is -1.51. The molecular formula is C16H24N2O. The number of nitrogens with zero attached hydrogens (tertiary/aromatic N) is 2. The van der Waals surface area contributed by atoms with E-state index in [1.54, 1.807) is 0 Å². The Morgan fingerprint density at radius 3 is 2.42 bits per heavy atom. The minimum Gasteiger partial charge on any atom is -0.378 e. The van der Waals surface area contributed by atoms with Crippen LogP contribution in [0.4, 0.5) is 5.69 Å². The monoisotopic (exact) mass is 260 g/mol. The van der Waals surface area contributed by atoms with Gasteiger partial charge in [0.05, 0.1) is 0 Å². The van der Waals surface area contributed by atoms with Gasteiger partial charge in [0.2, 0.25) is 0 Å². The molecule has 3 heteroatoms. The molecule has 104 valence electrons. The average Bonchev–Trinajstić information content (AvgIpc) is 2.38. The first-order chi connectivity index (χ1) is 9.00. The number of hydrogen-bond acceptors (Lipinski definition) is 2. The molecule has 1 aliphatic heterocycles. The molecule has 0 aromatic heterocycles. The fraction of sp³-hybridized carbons (Fsp3) is 0.562. The van der Waals surface area contributed by atoms with Gasteiger partial charge in [-0.3, -0.25) is 4.79 Å². The molecule has 2 unspecified atom stereocenters. The smallest absolute Gasteiger partial charge is 0.254 e. The molecule has 2 atom stereocenters. The summed E-state index contributed by atoms with van der Waals surface area (Å²) in [5, 5.41) is 0. The van der Waals surface area contributed by atoms with E-state index < -0.39 is 0 Å². The highest BCUT2D eigenvalue weighted by Crippen LogP contribution is 2.25. The van der Waals surface area contributed by atoms with E-state index in [4.69, 9.17) is 0 Å². The van der Waals surface area contributed by atoms with Gasteiger partial charge in [-0.1, -0.05) is 6.07 Å². The number of rotatable bonds is 2.